The third kappa shape index (κ3) is 3.16. The standard InChI is InChI=1S/C14H19N5O3/c1-8-5-10(3)19(17-8)7-9(2)16-13(20)11-6-15-18(4)12(11)14(21)22/h5-6,9H,7H2,1-4H3,(H,16,20)(H,21,22). The van der Waals surface area contributed by atoms with E-state index in [0.29, 0.717) is 6.54 Å². The first-order valence-electron chi connectivity index (χ1n) is 6.86. The summed E-state index contributed by atoms with van der Waals surface area (Å²) >= 11 is 0. The third-order valence-electron chi connectivity index (χ3n) is 3.31. The number of carboxylic acids is 1. The van der Waals surface area contributed by atoms with E-state index in [4.69, 9.17) is 5.11 Å². The maximum atomic E-state index is 12.2. The average molecular weight is 305 g/mol. The molecule has 2 rings (SSSR count). The molecule has 2 N–H and O–H groups in total. The van der Waals surface area contributed by atoms with Crippen molar-refractivity contribution in [3.63, 3.8) is 0 Å². The second-order valence-corrected chi connectivity index (χ2v) is 5.32. The number of amides is 1. The van der Waals surface area contributed by atoms with E-state index in [2.05, 4.69) is 15.5 Å². The molecular weight excluding hydrogens is 286 g/mol. The maximum absolute atomic E-state index is 12.2. The molecule has 0 aliphatic heterocycles. The van der Waals surface area contributed by atoms with Crippen molar-refractivity contribution in [2.24, 2.45) is 7.05 Å². The predicted molar refractivity (Wildman–Crippen MR) is 78.8 cm³/mol. The topological polar surface area (TPSA) is 102 Å². The number of carboxylic acid groups (broad SMARTS) is 1. The van der Waals surface area contributed by atoms with Gasteiger partial charge in [-0.3, -0.25) is 14.2 Å². The first-order chi connectivity index (χ1) is 10.3. The van der Waals surface area contributed by atoms with Crippen LogP contribution >= 0.6 is 0 Å². The molecule has 1 unspecified atom stereocenters. The summed E-state index contributed by atoms with van der Waals surface area (Å²) in [4.78, 5) is 23.4. The van der Waals surface area contributed by atoms with Gasteiger partial charge in [0.2, 0.25) is 0 Å². The summed E-state index contributed by atoms with van der Waals surface area (Å²) in [7, 11) is 1.49. The summed E-state index contributed by atoms with van der Waals surface area (Å²) in [6.07, 6.45) is 1.26. The van der Waals surface area contributed by atoms with Crippen molar-refractivity contribution in [2.45, 2.75) is 33.4 Å². The molecule has 0 aliphatic carbocycles. The van der Waals surface area contributed by atoms with Gasteiger partial charge >= 0.3 is 5.97 Å². The van der Waals surface area contributed by atoms with Crippen molar-refractivity contribution in [1.29, 1.82) is 0 Å². The minimum atomic E-state index is -1.18. The molecule has 118 valence electrons. The summed E-state index contributed by atoms with van der Waals surface area (Å²) in [6.45, 7) is 6.19. The van der Waals surface area contributed by atoms with Crippen LogP contribution in [0.25, 0.3) is 0 Å². The Morgan fingerprint density at radius 1 is 1.41 bits per heavy atom. The molecule has 0 saturated carbocycles. The summed E-state index contributed by atoms with van der Waals surface area (Å²) in [5.74, 6) is -1.64. The van der Waals surface area contributed by atoms with Crippen molar-refractivity contribution in [3.05, 3.63) is 34.9 Å². The number of aromatic nitrogens is 4. The number of nitrogens with one attached hydrogen (secondary N) is 1. The lowest BCUT2D eigenvalue weighted by molar-refractivity contribution is 0.0678. The Morgan fingerprint density at radius 2 is 2.09 bits per heavy atom. The van der Waals surface area contributed by atoms with Gasteiger partial charge in [0.1, 0.15) is 0 Å². The van der Waals surface area contributed by atoms with E-state index in [1.165, 1.54) is 17.9 Å². The van der Waals surface area contributed by atoms with E-state index < -0.39 is 11.9 Å². The molecule has 0 aliphatic rings. The molecule has 2 heterocycles. The third-order valence-corrected chi connectivity index (χ3v) is 3.31. The van der Waals surface area contributed by atoms with Crippen LogP contribution in [0.2, 0.25) is 0 Å². The van der Waals surface area contributed by atoms with E-state index >= 15 is 0 Å². The lowest BCUT2D eigenvalue weighted by atomic mass is 10.2. The minimum Gasteiger partial charge on any atom is -0.477 e. The lowest BCUT2D eigenvalue weighted by Crippen LogP contribution is -2.36. The van der Waals surface area contributed by atoms with Gasteiger partial charge < -0.3 is 10.4 Å². The van der Waals surface area contributed by atoms with Crippen molar-refractivity contribution in [3.8, 4) is 0 Å². The molecule has 22 heavy (non-hydrogen) atoms. The van der Waals surface area contributed by atoms with E-state index in [0.717, 1.165) is 11.4 Å². The van der Waals surface area contributed by atoms with Crippen LogP contribution in [-0.2, 0) is 13.6 Å². The van der Waals surface area contributed by atoms with E-state index in [1.54, 1.807) is 0 Å². The van der Waals surface area contributed by atoms with Gasteiger partial charge in [-0.25, -0.2) is 4.79 Å². The Hall–Kier alpha value is -2.64. The molecule has 1 amide bonds. The van der Waals surface area contributed by atoms with Crippen LogP contribution in [0.5, 0.6) is 0 Å². The molecule has 0 fully saturated rings. The zero-order valence-electron chi connectivity index (χ0n) is 13.0. The molecule has 0 spiro atoms. The fourth-order valence-corrected chi connectivity index (χ4v) is 2.32. The second kappa shape index (κ2) is 6.00. The highest BCUT2D eigenvalue weighted by atomic mass is 16.4. The molecule has 0 saturated heterocycles. The number of carbonyl (C=O) groups excluding carboxylic acids is 1. The monoisotopic (exact) mass is 305 g/mol. The smallest absolute Gasteiger partial charge is 0.354 e. The predicted octanol–water partition coefficient (Wildman–Crippen LogP) is 0.750. The minimum absolute atomic E-state index is 0.0511. The Labute approximate surface area is 127 Å². The van der Waals surface area contributed by atoms with Crippen LogP contribution in [0.3, 0.4) is 0 Å². The second-order valence-electron chi connectivity index (χ2n) is 5.32. The quantitative estimate of drug-likeness (QED) is 0.848. The first-order valence-corrected chi connectivity index (χ1v) is 6.86. The van der Waals surface area contributed by atoms with Crippen LogP contribution in [-0.4, -0.2) is 42.6 Å². The number of aromatic carboxylic acids is 1. The summed E-state index contributed by atoms with van der Waals surface area (Å²) < 4.78 is 2.98. The Balaban J connectivity index is 2.09. The number of carbonyl (C=O) groups is 2. The van der Waals surface area contributed by atoms with Gasteiger partial charge in [0.25, 0.3) is 5.91 Å². The molecule has 0 radical (unpaired) electrons. The van der Waals surface area contributed by atoms with Crippen LogP contribution in [0, 0.1) is 13.8 Å². The van der Waals surface area contributed by atoms with E-state index in [-0.39, 0.29) is 17.3 Å². The zero-order valence-corrected chi connectivity index (χ0v) is 13.0. The van der Waals surface area contributed by atoms with Crippen molar-refractivity contribution < 1.29 is 14.7 Å². The van der Waals surface area contributed by atoms with Crippen LogP contribution in [0.1, 0.15) is 39.2 Å². The molecule has 2 aromatic heterocycles. The van der Waals surface area contributed by atoms with Gasteiger partial charge in [0.05, 0.1) is 24.0 Å². The molecule has 0 bridgehead atoms. The highest BCUT2D eigenvalue weighted by Gasteiger charge is 2.22. The molecule has 2 aromatic rings. The fourth-order valence-electron chi connectivity index (χ4n) is 2.32. The molecule has 8 nitrogen and oxygen atoms in total. The molecule has 1 atom stereocenters. The van der Waals surface area contributed by atoms with Gasteiger partial charge in [-0.05, 0) is 26.8 Å². The van der Waals surface area contributed by atoms with Gasteiger partial charge in [0.15, 0.2) is 5.69 Å². The van der Waals surface area contributed by atoms with Crippen LogP contribution in [0.15, 0.2) is 12.3 Å². The molecule has 0 aromatic carbocycles. The van der Waals surface area contributed by atoms with Crippen LogP contribution < -0.4 is 5.32 Å². The number of hydrogen-bond donors (Lipinski definition) is 2. The number of aryl methyl sites for hydroxylation is 3. The first kappa shape index (κ1) is 15.7. The Bertz CT molecular complexity index is 716. The summed E-state index contributed by atoms with van der Waals surface area (Å²) in [6, 6.07) is 1.76. The van der Waals surface area contributed by atoms with Gasteiger partial charge in [-0.15, -0.1) is 0 Å². The Kier molecular flexibility index (Phi) is 4.30. The number of nitrogens with zero attached hydrogens (tertiary/aromatic N) is 4. The molecular formula is C14H19N5O3. The lowest BCUT2D eigenvalue weighted by Gasteiger charge is -2.15. The highest BCUT2D eigenvalue weighted by molar-refractivity contribution is 6.03. The summed E-state index contributed by atoms with van der Waals surface area (Å²) in [5, 5.41) is 20.1. The normalized spacial score (nSPS) is 12.2. The van der Waals surface area contributed by atoms with Crippen molar-refractivity contribution in [1.82, 2.24) is 24.9 Å². The van der Waals surface area contributed by atoms with Gasteiger partial charge in [-0.2, -0.15) is 10.2 Å². The molecule has 8 heteroatoms. The average Bonchev–Trinajstić information content (AvgIpc) is 2.92. The SMILES string of the molecule is Cc1cc(C)n(CC(C)NC(=O)c2cnn(C)c2C(=O)O)n1. The largest absolute Gasteiger partial charge is 0.477 e. The van der Waals surface area contributed by atoms with Gasteiger partial charge in [-0.1, -0.05) is 0 Å². The highest BCUT2D eigenvalue weighted by Crippen LogP contribution is 2.08. The zero-order chi connectivity index (χ0) is 16.4. The maximum Gasteiger partial charge on any atom is 0.354 e. The summed E-state index contributed by atoms with van der Waals surface area (Å²) in [5.41, 5.74) is 1.84. The van der Waals surface area contributed by atoms with E-state index in [9.17, 15) is 9.59 Å². The van der Waals surface area contributed by atoms with Crippen molar-refractivity contribution >= 4 is 11.9 Å². The number of hydrogen-bond acceptors (Lipinski definition) is 4. The fraction of sp³-hybridized carbons (Fsp3) is 0.429. The number of rotatable bonds is 5. The van der Waals surface area contributed by atoms with Crippen LogP contribution in [0.4, 0.5) is 0 Å². The van der Waals surface area contributed by atoms with E-state index in [1.807, 2.05) is 31.5 Å². The van der Waals surface area contributed by atoms with Gasteiger partial charge in [0, 0.05) is 18.8 Å². The van der Waals surface area contributed by atoms with Crippen molar-refractivity contribution in [2.75, 3.05) is 0 Å². The Morgan fingerprint density at radius 3 is 2.64 bits per heavy atom.